The zero-order valence-corrected chi connectivity index (χ0v) is 13.2. The van der Waals surface area contributed by atoms with Crippen LogP contribution in [0, 0.1) is 5.92 Å². The van der Waals surface area contributed by atoms with E-state index in [9.17, 15) is 8.42 Å². The van der Waals surface area contributed by atoms with Gasteiger partial charge in [0.15, 0.2) is 9.84 Å². The molecule has 17 heavy (non-hydrogen) atoms. The van der Waals surface area contributed by atoms with Crippen molar-refractivity contribution in [2.24, 2.45) is 5.92 Å². The second kappa shape index (κ2) is 5.70. The molecular weight excluding hydrogens is 234 g/mol. The highest BCUT2D eigenvalue weighted by Gasteiger charge is 2.28. The summed E-state index contributed by atoms with van der Waals surface area (Å²) in [6.45, 7) is 14.6. The molecule has 4 heteroatoms. The summed E-state index contributed by atoms with van der Waals surface area (Å²) >= 11 is 0. The molecule has 0 aliphatic carbocycles. The van der Waals surface area contributed by atoms with Crippen molar-refractivity contribution in [1.82, 2.24) is 5.32 Å². The Morgan fingerprint density at radius 2 is 1.53 bits per heavy atom. The van der Waals surface area contributed by atoms with Crippen molar-refractivity contribution < 1.29 is 8.42 Å². The van der Waals surface area contributed by atoms with E-state index >= 15 is 0 Å². The molecule has 1 unspecified atom stereocenters. The lowest BCUT2D eigenvalue weighted by Gasteiger charge is -2.24. The summed E-state index contributed by atoms with van der Waals surface area (Å²) in [4.78, 5) is 0. The summed E-state index contributed by atoms with van der Waals surface area (Å²) in [6, 6.07) is 0. The van der Waals surface area contributed by atoms with E-state index in [1.54, 1.807) is 20.8 Å². The molecule has 0 fully saturated rings. The van der Waals surface area contributed by atoms with Gasteiger partial charge >= 0.3 is 0 Å². The molecule has 1 atom stereocenters. The van der Waals surface area contributed by atoms with Gasteiger partial charge in [0, 0.05) is 5.54 Å². The SMILES string of the molecule is CC(CCS(=O)(=O)C(C)(C)C)CNC(C)(C)C. The van der Waals surface area contributed by atoms with Gasteiger partial charge in [-0.05, 0) is 60.4 Å². The third-order valence-electron chi connectivity index (χ3n) is 2.79. The molecule has 1 N–H and O–H groups in total. The predicted octanol–water partition coefficient (Wildman–Crippen LogP) is 2.61. The third kappa shape index (κ3) is 7.04. The fourth-order valence-electron chi connectivity index (χ4n) is 1.25. The van der Waals surface area contributed by atoms with Crippen LogP contribution in [0.25, 0.3) is 0 Å². The Morgan fingerprint density at radius 3 is 1.88 bits per heavy atom. The molecule has 0 heterocycles. The summed E-state index contributed by atoms with van der Waals surface area (Å²) in [5.74, 6) is 0.662. The fraction of sp³-hybridized carbons (Fsp3) is 1.00. The van der Waals surface area contributed by atoms with Crippen LogP contribution in [0.15, 0.2) is 0 Å². The van der Waals surface area contributed by atoms with Gasteiger partial charge in [0.1, 0.15) is 0 Å². The molecule has 0 saturated carbocycles. The molecule has 0 aromatic carbocycles. The minimum absolute atomic E-state index is 0.0944. The quantitative estimate of drug-likeness (QED) is 0.829. The molecule has 0 radical (unpaired) electrons. The second-order valence-corrected chi connectivity index (χ2v) is 9.82. The van der Waals surface area contributed by atoms with Crippen molar-refractivity contribution in [3.63, 3.8) is 0 Å². The van der Waals surface area contributed by atoms with Crippen LogP contribution in [-0.2, 0) is 9.84 Å². The van der Waals surface area contributed by atoms with Gasteiger partial charge in [-0.15, -0.1) is 0 Å². The molecule has 0 amide bonds. The number of hydrogen-bond acceptors (Lipinski definition) is 3. The first-order valence-corrected chi connectivity index (χ1v) is 7.98. The minimum Gasteiger partial charge on any atom is -0.312 e. The average molecular weight is 263 g/mol. The molecule has 0 saturated heterocycles. The van der Waals surface area contributed by atoms with Gasteiger partial charge in [0.05, 0.1) is 10.5 Å². The van der Waals surface area contributed by atoms with Crippen LogP contribution in [0.3, 0.4) is 0 Å². The number of hydrogen-bond donors (Lipinski definition) is 1. The van der Waals surface area contributed by atoms with E-state index in [-0.39, 0.29) is 11.3 Å². The van der Waals surface area contributed by atoms with Crippen LogP contribution in [0.1, 0.15) is 54.9 Å². The van der Waals surface area contributed by atoms with Gasteiger partial charge < -0.3 is 5.32 Å². The van der Waals surface area contributed by atoms with Crippen LogP contribution in [0.4, 0.5) is 0 Å². The molecule has 0 bridgehead atoms. The highest BCUT2D eigenvalue weighted by Crippen LogP contribution is 2.18. The van der Waals surface area contributed by atoms with E-state index < -0.39 is 14.6 Å². The lowest BCUT2D eigenvalue weighted by molar-refractivity contribution is 0.378. The van der Waals surface area contributed by atoms with E-state index in [1.807, 2.05) is 0 Å². The van der Waals surface area contributed by atoms with Crippen LogP contribution >= 0.6 is 0 Å². The normalized spacial score (nSPS) is 15.9. The van der Waals surface area contributed by atoms with Gasteiger partial charge in [-0.25, -0.2) is 8.42 Å². The summed E-state index contributed by atoms with van der Waals surface area (Å²) in [5, 5.41) is 3.40. The van der Waals surface area contributed by atoms with Crippen LogP contribution in [-0.4, -0.2) is 31.0 Å². The molecule has 0 aromatic heterocycles. The summed E-state index contributed by atoms with van der Waals surface area (Å²) in [6.07, 6.45) is 0.725. The Hall–Kier alpha value is -0.0900. The lowest BCUT2D eigenvalue weighted by Crippen LogP contribution is -2.39. The van der Waals surface area contributed by atoms with Crippen LogP contribution in [0.5, 0.6) is 0 Å². The minimum atomic E-state index is -2.97. The van der Waals surface area contributed by atoms with E-state index in [4.69, 9.17) is 0 Å². The van der Waals surface area contributed by atoms with Crippen molar-refractivity contribution in [3.05, 3.63) is 0 Å². The standard InChI is InChI=1S/C13H29NO2S/c1-11(10-14-12(2,3)4)8-9-17(15,16)13(5,6)7/h11,14H,8-10H2,1-7H3. The zero-order chi connectivity index (χ0) is 13.9. The van der Waals surface area contributed by atoms with Crippen molar-refractivity contribution in [2.45, 2.75) is 65.2 Å². The van der Waals surface area contributed by atoms with Crippen molar-refractivity contribution in [2.75, 3.05) is 12.3 Å². The van der Waals surface area contributed by atoms with E-state index in [0.29, 0.717) is 5.92 Å². The molecular formula is C13H29NO2S. The third-order valence-corrected chi connectivity index (χ3v) is 5.43. The largest absolute Gasteiger partial charge is 0.312 e. The summed E-state index contributed by atoms with van der Waals surface area (Å²) < 4.78 is 23.2. The molecule has 104 valence electrons. The first-order valence-electron chi connectivity index (χ1n) is 6.32. The number of nitrogens with one attached hydrogen (secondary N) is 1. The maximum atomic E-state index is 11.9. The van der Waals surface area contributed by atoms with Crippen molar-refractivity contribution in [1.29, 1.82) is 0 Å². The molecule has 0 aliphatic rings. The smallest absolute Gasteiger partial charge is 0.155 e. The van der Waals surface area contributed by atoms with Gasteiger partial charge in [-0.3, -0.25) is 0 Å². The summed E-state index contributed by atoms with van der Waals surface area (Å²) in [5.41, 5.74) is 0.0944. The first-order chi connectivity index (χ1) is 7.35. The van der Waals surface area contributed by atoms with Gasteiger partial charge in [0.2, 0.25) is 0 Å². The Morgan fingerprint density at radius 1 is 1.06 bits per heavy atom. The van der Waals surface area contributed by atoms with Crippen LogP contribution < -0.4 is 5.32 Å². The molecule has 3 nitrogen and oxygen atoms in total. The van der Waals surface area contributed by atoms with Gasteiger partial charge in [-0.1, -0.05) is 6.92 Å². The highest BCUT2D eigenvalue weighted by molar-refractivity contribution is 7.92. The monoisotopic (exact) mass is 263 g/mol. The maximum Gasteiger partial charge on any atom is 0.155 e. The van der Waals surface area contributed by atoms with Gasteiger partial charge in [-0.2, -0.15) is 0 Å². The lowest BCUT2D eigenvalue weighted by atomic mass is 10.1. The Labute approximate surface area is 107 Å². The molecule has 0 aromatic rings. The first kappa shape index (κ1) is 16.9. The van der Waals surface area contributed by atoms with Crippen molar-refractivity contribution >= 4 is 9.84 Å². The van der Waals surface area contributed by atoms with Crippen LogP contribution in [0.2, 0.25) is 0 Å². The Kier molecular flexibility index (Phi) is 5.67. The molecule has 0 spiro atoms. The average Bonchev–Trinajstić information content (AvgIpc) is 2.08. The molecule has 0 rings (SSSR count). The topological polar surface area (TPSA) is 46.2 Å². The Balaban J connectivity index is 4.14. The zero-order valence-electron chi connectivity index (χ0n) is 12.4. The Bertz CT molecular complexity index is 320. The molecule has 0 aliphatic heterocycles. The van der Waals surface area contributed by atoms with E-state index in [1.165, 1.54) is 0 Å². The number of sulfone groups is 1. The van der Waals surface area contributed by atoms with Crippen molar-refractivity contribution in [3.8, 4) is 0 Å². The second-order valence-electron chi connectivity index (χ2n) is 6.96. The van der Waals surface area contributed by atoms with E-state index in [2.05, 4.69) is 33.0 Å². The fourth-order valence-corrected chi connectivity index (χ4v) is 2.57. The highest BCUT2D eigenvalue weighted by atomic mass is 32.2. The number of rotatable bonds is 5. The summed E-state index contributed by atoms with van der Waals surface area (Å²) in [7, 11) is -2.97. The van der Waals surface area contributed by atoms with E-state index in [0.717, 1.165) is 13.0 Å². The maximum absolute atomic E-state index is 11.9. The predicted molar refractivity (Wildman–Crippen MR) is 75.1 cm³/mol. The van der Waals surface area contributed by atoms with Gasteiger partial charge in [0.25, 0.3) is 0 Å².